The van der Waals surface area contributed by atoms with Crippen LogP contribution in [0.4, 0.5) is 8.78 Å². The molecule has 0 aromatic carbocycles. The molecule has 2 saturated carbocycles. The first-order valence-electron chi connectivity index (χ1n) is 5.41. The molecule has 5 heteroatoms. The van der Waals surface area contributed by atoms with E-state index in [9.17, 15) is 13.6 Å². The highest BCUT2D eigenvalue weighted by atomic mass is 19.3. The van der Waals surface area contributed by atoms with E-state index in [1.54, 1.807) is 0 Å². The predicted octanol–water partition coefficient (Wildman–Crippen LogP) is 0.741. The molecule has 0 heterocycles. The summed E-state index contributed by atoms with van der Waals surface area (Å²) in [5, 5.41) is 2.27. The Balaban J connectivity index is 1.90. The maximum atomic E-state index is 11.9. The van der Waals surface area contributed by atoms with Crippen LogP contribution in [0, 0.1) is 17.8 Å². The molecule has 1 amide bonds. The Hall–Kier alpha value is -0.710. The summed E-state index contributed by atoms with van der Waals surface area (Å²) >= 11 is 0. The zero-order valence-electron chi connectivity index (χ0n) is 8.46. The minimum atomic E-state index is -2.48. The Morgan fingerprint density at radius 1 is 1.40 bits per heavy atom. The average molecular weight is 218 g/mol. The molecule has 0 radical (unpaired) electrons. The first-order chi connectivity index (χ1) is 7.09. The minimum absolute atomic E-state index is 0.124. The topological polar surface area (TPSA) is 55.1 Å². The molecule has 3 N–H and O–H groups in total. The number of nitrogens with one attached hydrogen (secondary N) is 1. The lowest BCUT2D eigenvalue weighted by Crippen LogP contribution is -2.46. The van der Waals surface area contributed by atoms with Crippen molar-refractivity contribution >= 4 is 5.91 Å². The minimum Gasteiger partial charge on any atom is -0.350 e. The Morgan fingerprint density at radius 2 is 2.07 bits per heavy atom. The van der Waals surface area contributed by atoms with Crippen LogP contribution in [0.1, 0.15) is 19.3 Å². The molecule has 0 aromatic rings. The summed E-state index contributed by atoms with van der Waals surface area (Å²) in [6.07, 6.45) is 0.618. The number of halogens is 2. The number of rotatable bonds is 3. The highest BCUT2D eigenvalue weighted by Gasteiger charge is 2.48. The van der Waals surface area contributed by atoms with Crippen molar-refractivity contribution in [2.45, 2.75) is 31.7 Å². The van der Waals surface area contributed by atoms with E-state index in [2.05, 4.69) is 5.32 Å². The Morgan fingerprint density at radius 3 is 2.60 bits per heavy atom. The van der Waals surface area contributed by atoms with Crippen molar-refractivity contribution in [1.82, 2.24) is 5.32 Å². The number of amides is 1. The number of fused-ring (bicyclic) bond motifs is 2. The first kappa shape index (κ1) is 10.8. The third-order valence-corrected chi connectivity index (χ3v) is 3.71. The highest BCUT2D eigenvalue weighted by Crippen LogP contribution is 2.47. The number of hydrogen-bond acceptors (Lipinski definition) is 2. The molecule has 4 atom stereocenters. The van der Waals surface area contributed by atoms with Gasteiger partial charge in [-0.05, 0) is 31.1 Å². The SMILES string of the molecule is NC1C2CCC(C2)C1C(=O)NCC(F)F. The standard InChI is InChI=1S/C10H16F2N2O/c11-7(12)4-14-10(15)8-5-1-2-6(3-5)9(8)13/h5-9H,1-4,13H2,(H,14,15). The summed E-state index contributed by atoms with van der Waals surface area (Å²) in [7, 11) is 0. The maximum Gasteiger partial charge on any atom is 0.255 e. The third-order valence-electron chi connectivity index (χ3n) is 3.71. The summed E-state index contributed by atoms with van der Waals surface area (Å²) in [6.45, 7) is -0.556. The molecule has 2 aliphatic carbocycles. The molecule has 0 spiro atoms. The zero-order valence-corrected chi connectivity index (χ0v) is 8.46. The lowest BCUT2D eigenvalue weighted by atomic mass is 9.84. The summed E-state index contributed by atoms with van der Waals surface area (Å²) in [5.74, 6) is 0.234. The molecule has 0 aromatic heterocycles. The van der Waals surface area contributed by atoms with Crippen molar-refractivity contribution in [3.63, 3.8) is 0 Å². The summed E-state index contributed by atoms with van der Waals surface area (Å²) in [5.41, 5.74) is 5.92. The molecule has 2 fully saturated rings. The van der Waals surface area contributed by atoms with E-state index in [4.69, 9.17) is 5.73 Å². The van der Waals surface area contributed by atoms with Crippen LogP contribution in [-0.4, -0.2) is 24.9 Å². The van der Waals surface area contributed by atoms with Gasteiger partial charge in [0.1, 0.15) is 0 Å². The van der Waals surface area contributed by atoms with E-state index < -0.39 is 13.0 Å². The largest absolute Gasteiger partial charge is 0.350 e. The van der Waals surface area contributed by atoms with Crippen LogP contribution in [0.2, 0.25) is 0 Å². The van der Waals surface area contributed by atoms with Gasteiger partial charge in [-0.2, -0.15) is 0 Å². The van der Waals surface area contributed by atoms with Gasteiger partial charge in [-0.25, -0.2) is 8.78 Å². The van der Waals surface area contributed by atoms with E-state index >= 15 is 0 Å². The summed E-state index contributed by atoms with van der Waals surface area (Å²) in [4.78, 5) is 11.6. The first-order valence-corrected chi connectivity index (χ1v) is 5.41. The van der Waals surface area contributed by atoms with E-state index in [0.717, 1.165) is 19.3 Å². The van der Waals surface area contributed by atoms with Gasteiger partial charge >= 0.3 is 0 Å². The van der Waals surface area contributed by atoms with Gasteiger partial charge in [0, 0.05) is 6.04 Å². The molecule has 2 rings (SSSR count). The van der Waals surface area contributed by atoms with Gasteiger partial charge in [-0.3, -0.25) is 4.79 Å². The van der Waals surface area contributed by atoms with Crippen LogP contribution in [0.15, 0.2) is 0 Å². The van der Waals surface area contributed by atoms with Gasteiger partial charge in [0.05, 0.1) is 12.5 Å². The number of nitrogens with two attached hydrogens (primary N) is 1. The fourth-order valence-corrected chi connectivity index (χ4v) is 3.02. The van der Waals surface area contributed by atoms with Gasteiger partial charge < -0.3 is 11.1 Å². The number of carbonyl (C=O) groups is 1. The molecule has 3 nitrogen and oxygen atoms in total. The van der Waals surface area contributed by atoms with Gasteiger partial charge in [0.2, 0.25) is 5.91 Å². The van der Waals surface area contributed by atoms with E-state index in [1.165, 1.54) is 0 Å². The van der Waals surface area contributed by atoms with Crippen LogP contribution < -0.4 is 11.1 Å². The monoisotopic (exact) mass is 218 g/mol. The lowest BCUT2D eigenvalue weighted by molar-refractivity contribution is -0.127. The van der Waals surface area contributed by atoms with Crippen LogP contribution in [-0.2, 0) is 4.79 Å². The van der Waals surface area contributed by atoms with E-state index in [1.807, 2.05) is 0 Å². The predicted molar refractivity (Wildman–Crippen MR) is 51.3 cm³/mol. The second kappa shape index (κ2) is 4.04. The normalized spacial score (nSPS) is 38.7. The molecule has 2 bridgehead atoms. The van der Waals surface area contributed by atoms with Gasteiger partial charge in [0.15, 0.2) is 0 Å². The fraction of sp³-hybridized carbons (Fsp3) is 0.900. The molecule has 4 unspecified atom stereocenters. The Kier molecular flexibility index (Phi) is 2.91. The van der Waals surface area contributed by atoms with E-state index in [0.29, 0.717) is 11.8 Å². The molecular weight excluding hydrogens is 202 g/mol. The van der Waals surface area contributed by atoms with Crippen molar-refractivity contribution in [1.29, 1.82) is 0 Å². The van der Waals surface area contributed by atoms with Gasteiger partial charge in [-0.1, -0.05) is 0 Å². The Bertz CT molecular complexity index is 258. The van der Waals surface area contributed by atoms with Gasteiger partial charge in [-0.15, -0.1) is 0 Å². The maximum absolute atomic E-state index is 11.9. The average Bonchev–Trinajstić information content (AvgIpc) is 2.74. The van der Waals surface area contributed by atoms with Crippen LogP contribution in [0.25, 0.3) is 0 Å². The third kappa shape index (κ3) is 1.97. The summed E-state index contributed by atoms with van der Waals surface area (Å²) < 4.78 is 23.8. The molecule has 86 valence electrons. The number of carbonyl (C=O) groups excluding carboxylic acids is 1. The van der Waals surface area contributed by atoms with Crippen molar-refractivity contribution in [3.8, 4) is 0 Å². The number of alkyl halides is 2. The zero-order chi connectivity index (χ0) is 11.0. The van der Waals surface area contributed by atoms with Gasteiger partial charge in [0.25, 0.3) is 6.43 Å². The second-order valence-electron chi connectivity index (χ2n) is 4.57. The van der Waals surface area contributed by atoms with E-state index in [-0.39, 0.29) is 17.9 Å². The smallest absolute Gasteiger partial charge is 0.255 e. The molecule has 2 aliphatic rings. The van der Waals surface area contributed by atoms with Crippen molar-refractivity contribution in [2.75, 3.05) is 6.54 Å². The second-order valence-corrected chi connectivity index (χ2v) is 4.57. The lowest BCUT2D eigenvalue weighted by Gasteiger charge is -2.26. The van der Waals surface area contributed by atoms with Crippen LogP contribution in [0.3, 0.4) is 0 Å². The van der Waals surface area contributed by atoms with Crippen molar-refractivity contribution in [3.05, 3.63) is 0 Å². The molecule has 0 aliphatic heterocycles. The van der Waals surface area contributed by atoms with Crippen molar-refractivity contribution in [2.24, 2.45) is 23.5 Å². The molecule has 0 saturated heterocycles. The summed E-state index contributed by atoms with van der Waals surface area (Å²) in [6, 6.07) is -0.124. The molecular formula is C10H16F2N2O. The Labute approximate surface area is 87.4 Å². The van der Waals surface area contributed by atoms with Crippen LogP contribution >= 0.6 is 0 Å². The number of hydrogen-bond donors (Lipinski definition) is 2. The quantitative estimate of drug-likeness (QED) is 0.734. The van der Waals surface area contributed by atoms with Crippen LogP contribution in [0.5, 0.6) is 0 Å². The molecule has 15 heavy (non-hydrogen) atoms. The fourth-order valence-electron chi connectivity index (χ4n) is 3.02. The van der Waals surface area contributed by atoms with Crippen molar-refractivity contribution < 1.29 is 13.6 Å². The highest BCUT2D eigenvalue weighted by molar-refractivity contribution is 5.80.